The van der Waals surface area contributed by atoms with E-state index in [-0.39, 0.29) is 19.6 Å². The van der Waals surface area contributed by atoms with Gasteiger partial charge in [-0.2, -0.15) is 0 Å². The molecule has 0 N–H and O–H groups in total. The molecule has 2 heterocycles. The molecule has 23 heavy (non-hydrogen) atoms. The van der Waals surface area contributed by atoms with Gasteiger partial charge in [-0.25, -0.2) is 4.79 Å². The van der Waals surface area contributed by atoms with Gasteiger partial charge in [0.2, 0.25) is 0 Å². The number of carbonyl (C=O) groups excluding carboxylic acids is 1. The van der Waals surface area contributed by atoms with E-state index in [0.717, 1.165) is 36.2 Å². The third kappa shape index (κ3) is 3.25. The molecule has 2 aromatic carbocycles. The molecule has 2 aromatic rings. The second-order valence-corrected chi connectivity index (χ2v) is 6.50. The van der Waals surface area contributed by atoms with Crippen molar-refractivity contribution in [3.05, 3.63) is 48.0 Å². The second kappa shape index (κ2) is 6.71. The van der Waals surface area contributed by atoms with E-state index in [2.05, 4.69) is 11.0 Å². The molecular formula is C20H25NO2. The molecular weight excluding hydrogens is 286 g/mol. The molecule has 3 heteroatoms. The summed E-state index contributed by atoms with van der Waals surface area (Å²) in [7, 11) is 0. The van der Waals surface area contributed by atoms with Crippen molar-refractivity contribution in [2.45, 2.75) is 39.3 Å². The Labute approximate surface area is 138 Å². The number of hydrogen-bond donors (Lipinski definition) is 0. The fraction of sp³-hybridized carbons (Fsp3) is 0.450. The third-order valence-corrected chi connectivity index (χ3v) is 5.01. The lowest BCUT2D eigenvalue weighted by Crippen LogP contribution is -2.48. The number of carbonyl (C=O) groups is 1. The average molecular weight is 311 g/mol. The Kier molecular flexibility index (Phi) is 4.67. The van der Waals surface area contributed by atoms with Crippen LogP contribution < -0.4 is 0 Å². The normalized spacial score (nSPS) is 26.3. The zero-order chi connectivity index (χ0) is 14.9. The maximum Gasteiger partial charge on any atom is 0.339 e. The number of benzene rings is 2. The highest BCUT2D eigenvalue weighted by molar-refractivity contribution is 5.95. The van der Waals surface area contributed by atoms with Gasteiger partial charge in [-0.15, -0.1) is 0 Å². The van der Waals surface area contributed by atoms with Crippen LogP contribution in [-0.2, 0) is 4.74 Å². The fourth-order valence-corrected chi connectivity index (χ4v) is 3.80. The first-order valence-corrected chi connectivity index (χ1v) is 8.23. The van der Waals surface area contributed by atoms with Gasteiger partial charge in [0.25, 0.3) is 0 Å². The first-order chi connectivity index (χ1) is 10.8. The second-order valence-electron chi connectivity index (χ2n) is 6.50. The quantitative estimate of drug-likeness (QED) is 0.767. The zero-order valence-electron chi connectivity index (χ0n) is 12.7. The highest BCUT2D eigenvalue weighted by atomic mass is 16.6. The highest BCUT2D eigenvalue weighted by Crippen LogP contribution is 2.31. The van der Waals surface area contributed by atoms with Gasteiger partial charge in [0.1, 0.15) is 0 Å². The van der Waals surface area contributed by atoms with E-state index in [4.69, 9.17) is 4.74 Å². The Bertz CT molecular complexity index is 697. The largest absolute Gasteiger partial charge is 0.443 e. The Morgan fingerprint density at radius 3 is 2.74 bits per heavy atom. The van der Waals surface area contributed by atoms with Gasteiger partial charge >= 0.3 is 5.97 Å². The fourth-order valence-electron chi connectivity index (χ4n) is 3.80. The summed E-state index contributed by atoms with van der Waals surface area (Å²) in [6.45, 7) is 2.15. The van der Waals surface area contributed by atoms with Crippen LogP contribution in [0.4, 0.5) is 0 Å². The van der Waals surface area contributed by atoms with Crippen molar-refractivity contribution in [2.75, 3.05) is 13.1 Å². The molecule has 122 valence electrons. The first-order valence-electron chi connectivity index (χ1n) is 8.23. The van der Waals surface area contributed by atoms with Crippen LogP contribution in [0.15, 0.2) is 42.5 Å². The van der Waals surface area contributed by atoms with Crippen LogP contribution >= 0.6 is 0 Å². The molecule has 3 nitrogen and oxygen atoms in total. The summed E-state index contributed by atoms with van der Waals surface area (Å²) in [4.78, 5) is 14.8. The molecule has 2 aliphatic heterocycles. The molecule has 0 aliphatic carbocycles. The summed E-state index contributed by atoms with van der Waals surface area (Å²) in [6.07, 6.45) is 4.70. The van der Waals surface area contributed by atoms with Crippen LogP contribution in [0.2, 0.25) is 0 Å². The standard InChI is InChI=1S/C19H21NO2.CH4/c21-19(17-9-8-15-5-1-2-6-16(15)12-17)22-18-10-7-14-4-3-11-20(18)13-14;/h1-2,5-6,8-9,12,14,18H,3-4,7,10-11,13H2;1H4. The molecule has 0 radical (unpaired) electrons. The van der Waals surface area contributed by atoms with Crippen molar-refractivity contribution < 1.29 is 9.53 Å². The van der Waals surface area contributed by atoms with Crippen LogP contribution in [-0.4, -0.2) is 30.2 Å². The molecule has 2 fully saturated rings. The lowest BCUT2D eigenvalue weighted by atomic mass is 9.89. The van der Waals surface area contributed by atoms with E-state index in [9.17, 15) is 4.79 Å². The monoisotopic (exact) mass is 311 g/mol. The summed E-state index contributed by atoms with van der Waals surface area (Å²) >= 11 is 0. The van der Waals surface area contributed by atoms with E-state index in [1.165, 1.54) is 19.3 Å². The van der Waals surface area contributed by atoms with Gasteiger partial charge in [0.15, 0.2) is 6.23 Å². The van der Waals surface area contributed by atoms with Gasteiger partial charge in [0.05, 0.1) is 5.56 Å². The van der Waals surface area contributed by atoms with Crippen molar-refractivity contribution in [2.24, 2.45) is 5.92 Å². The molecule has 0 aromatic heterocycles. The number of fused-ring (bicyclic) bond motifs is 3. The number of hydrogen-bond acceptors (Lipinski definition) is 3. The van der Waals surface area contributed by atoms with Crippen molar-refractivity contribution in [3.8, 4) is 0 Å². The van der Waals surface area contributed by atoms with Crippen molar-refractivity contribution in [3.63, 3.8) is 0 Å². The number of esters is 1. The smallest absolute Gasteiger partial charge is 0.339 e. The lowest BCUT2D eigenvalue weighted by molar-refractivity contribution is -0.0758. The van der Waals surface area contributed by atoms with Gasteiger partial charge in [-0.05, 0) is 54.5 Å². The van der Waals surface area contributed by atoms with Crippen LogP contribution in [0.25, 0.3) is 10.8 Å². The van der Waals surface area contributed by atoms with Crippen molar-refractivity contribution >= 4 is 16.7 Å². The Hall–Kier alpha value is -1.87. The Balaban J connectivity index is 0.00000156. The highest BCUT2D eigenvalue weighted by Gasteiger charge is 2.33. The number of nitrogens with zero attached hydrogens (tertiary/aromatic N) is 1. The van der Waals surface area contributed by atoms with E-state index in [0.29, 0.717) is 5.56 Å². The lowest BCUT2D eigenvalue weighted by Gasteiger charge is -2.42. The third-order valence-electron chi connectivity index (χ3n) is 5.01. The summed E-state index contributed by atoms with van der Waals surface area (Å²) in [5, 5.41) is 2.23. The topological polar surface area (TPSA) is 29.5 Å². The summed E-state index contributed by atoms with van der Waals surface area (Å²) in [5.74, 6) is 0.615. The molecule has 0 amide bonds. The van der Waals surface area contributed by atoms with Crippen LogP contribution in [0, 0.1) is 5.92 Å². The molecule has 2 saturated heterocycles. The number of rotatable bonds is 2. The molecule has 2 aliphatic rings. The molecule has 0 saturated carbocycles. The van der Waals surface area contributed by atoms with Gasteiger partial charge < -0.3 is 4.74 Å². The molecule has 3 atom stereocenters. The molecule has 3 unspecified atom stereocenters. The predicted molar refractivity (Wildman–Crippen MR) is 93.4 cm³/mol. The zero-order valence-corrected chi connectivity index (χ0v) is 12.7. The minimum absolute atomic E-state index is 0. The molecule has 2 bridgehead atoms. The van der Waals surface area contributed by atoms with E-state index >= 15 is 0 Å². The SMILES string of the molecule is C.O=C(OC1CCC2CCCN1C2)c1ccc2ccccc2c1. The van der Waals surface area contributed by atoms with Gasteiger partial charge in [0, 0.05) is 13.1 Å². The summed E-state index contributed by atoms with van der Waals surface area (Å²) in [5.41, 5.74) is 0.651. The van der Waals surface area contributed by atoms with E-state index in [1.54, 1.807) is 0 Å². The summed E-state index contributed by atoms with van der Waals surface area (Å²) in [6, 6.07) is 13.9. The Morgan fingerprint density at radius 2 is 1.87 bits per heavy atom. The first kappa shape index (κ1) is 16.0. The minimum atomic E-state index is -0.195. The van der Waals surface area contributed by atoms with E-state index in [1.807, 2.05) is 36.4 Å². The van der Waals surface area contributed by atoms with Crippen molar-refractivity contribution in [1.29, 1.82) is 0 Å². The number of ether oxygens (including phenoxy) is 1. The minimum Gasteiger partial charge on any atom is -0.443 e. The van der Waals surface area contributed by atoms with Crippen LogP contribution in [0.3, 0.4) is 0 Å². The maximum atomic E-state index is 12.5. The molecule has 0 spiro atoms. The van der Waals surface area contributed by atoms with Crippen LogP contribution in [0.5, 0.6) is 0 Å². The average Bonchev–Trinajstić information content (AvgIpc) is 2.57. The Morgan fingerprint density at radius 1 is 1.04 bits per heavy atom. The van der Waals surface area contributed by atoms with Gasteiger partial charge in [-0.1, -0.05) is 37.8 Å². The molecule has 4 rings (SSSR count). The maximum absolute atomic E-state index is 12.5. The predicted octanol–water partition coefficient (Wildman–Crippen LogP) is 4.46. The van der Waals surface area contributed by atoms with Crippen molar-refractivity contribution in [1.82, 2.24) is 4.90 Å². The van der Waals surface area contributed by atoms with Crippen LogP contribution in [0.1, 0.15) is 43.5 Å². The number of piperidine rings is 2. The van der Waals surface area contributed by atoms with E-state index < -0.39 is 0 Å². The van der Waals surface area contributed by atoms with Gasteiger partial charge in [-0.3, -0.25) is 4.90 Å². The summed E-state index contributed by atoms with van der Waals surface area (Å²) < 4.78 is 5.80.